The van der Waals surface area contributed by atoms with Gasteiger partial charge in [0, 0.05) is 23.2 Å². The van der Waals surface area contributed by atoms with Crippen molar-refractivity contribution in [3.8, 4) is 0 Å². The van der Waals surface area contributed by atoms with Crippen LogP contribution in [-0.2, 0) is 5.41 Å². The molecule has 0 radical (unpaired) electrons. The number of hydrogen-bond acceptors (Lipinski definition) is 5. The molecule has 5 nitrogen and oxygen atoms in total. The molecule has 5 heteroatoms. The Labute approximate surface area is 135 Å². The van der Waals surface area contributed by atoms with Gasteiger partial charge in [-0.25, -0.2) is 0 Å². The molecule has 1 aromatic carbocycles. The van der Waals surface area contributed by atoms with E-state index in [4.69, 9.17) is 0 Å². The molecule has 0 aliphatic heterocycles. The smallest absolute Gasteiger partial charge is 0.0800 e. The minimum Gasteiger partial charge on any atom is -0.411 e. The van der Waals surface area contributed by atoms with Gasteiger partial charge in [-0.1, -0.05) is 47.6 Å². The lowest BCUT2D eigenvalue weighted by molar-refractivity contribution is -0.132. The molecule has 122 valence electrons. The normalized spacial score (nSPS) is 48.3. The lowest BCUT2D eigenvalue weighted by Crippen LogP contribution is -2.73. The molecule has 0 aromatic heterocycles. The van der Waals surface area contributed by atoms with Gasteiger partial charge in [-0.05, 0) is 31.2 Å². The monoisotopic (exact) mass is 314 g/mol. The van der Waals surface area contributed by atoms with Gasteiger partial charge in [-0.2, -0.15) is 0 Å². The minimum absolute atomic E-state index is 0.0789. The highest BCUT2D eigenvalue weighted by Crippen LogP contribution is 2.64. The van der Waals surface area contributed by atoms with E-state index in [9.17, 15) is 15.5 Å². The summed E-state index contributed by atoms with van der Waals surface area (Å²) in [4.78, 5) is 0. The summed E-state index contributed by atoms with van der Waals surface area (Å²) in [6.07, 6.45) is 1.37. The topological polar surface area (TPSA) is 85.4 Å². The van der Waals surface area contributed by atoms with E-state index in [-0.39, 0.29) is 23.7 Å². The number of nitrogens with zero attached hydrogens (tertiary/aromatic N) is 2. The van der Waals surface area contributed by atoms with Crippen molar-refractivity contribution in [3.63, 3.8) is 0 Å². The summed E-state index contributed by atoms with van der Waals surface area (Å²) in [5.41, 5.74) is 0.999. The molecule has 0 saturated heterocycles. The molecule has 3 N–H and O–H groups in total. The summed E-state index contributed by atoms with van der Waals surface area (Å²) >= 11 is 0. The number of benzene rings is 1. The summed E-state index contributed by atoms with van der Waals surface area (Å²) in [6, 6.07) is 10.1. The fourth-order valence-corrected chi connectivity index (χ4v) is 5.78. The van der Waals surface area contributed by atoms with Crippen molar-refractivity contribution in [3.05, 3.63) is 35.9 Å². The third-order valence-corrected chi connectivity index (χ3v) is 6.83. The second-order valence-corrected chi connectivity index (χ2v) is 7.55. The summed E-state index contributed by atoms with van der Waals surface area (Å²) in [5, 5.41) is 37.7. The van der Waals surface area contributed by atoms with Crippen molar-refractivity contribution in [2.75, 3.05) is 0 Å². The predicted molar refractivity (Wildman–Crippen MR) is 86.1 cm³/mol. The van der Waals surface area contributed by atoms with Crippen LogP contribution in [0, 0.1) is 23.7 Å². The van der Waals surface area contributed by atoms with E-state index >= 15 is 0 Å². The van der Waals surface area contributed by atoms with Crippen LogP contribution in [0.3, 0.4) is 0 Å². The Morgan fingerprint density at radius 2 is 1.70 bits per heavy atom. The third-order valence-electron chi connectivity index (χ3n) is 6.83. The number of hydrogen-bond donors (Lipinski definition) is 3. The second-order valence-electron chi connectivity index (χ2n) is 7.55. The number of oxime groups is 2. The highest BCUT2D eigenvalue weighted by atomic mass is 16.4. The number of rotatable bonds is 1. The van der Waals surface area contributed by atoms with Gasteiger partial charge in [-0.3, -0.25) is 0 Å². The first-order valence-corrected chi connectivity index (χ1v) is 8.19. The molecule has 23 heavy (non-hydrogen) atoms. The molecule has 4 aliphatic rings. The van der Waals surface area contributed by atoms with Gasteiger partial charge in [0.05, 0.1) is 17.0 Å². The fraction of sp³-hybridized carbons (Fsp3) is 0.556. The molecule has 6 atom stereocenters. The van der Waals surface area contributed by atoms with Crippen molar-refractivity contribution in [2.45, 2.75) is 37.7 Å². The lowest BCUT2D eigenvalue weighted by atomic mass is 9.38. The quantitative estimate of drug-likeness (QED) is 0.550. The van der Waals surface area contributed by atoms with E-state index in [0.29, 0.717) is 17.8 Å². The lowest BCUT2D eigenvalue weighted by Gasteiger charge is -2.66. The summed E-state index contributed by atoms with van der Waals surface area (Å²) < 4.78 is 0. The van der Waals surface area contributed by atoms with Gasteiger partial charge >= 0.3 is 0 Å². The Bertz CT molecular complexity index is 697. The first-order valence-electron chi connectivity index (χ1n) is 8.19. The van der Waals surface area contributed by atoms with Crippen LogP contribution in [0.25, 0.3) is 0 Å². The average Bonchev–Trinajstić information content (AvgIpc) is 2.56. The molecule has 0 heterocycles. The average molecular weight is 314 g/mol. The maximum absolute atomic E-state index is 11.5. The summed E-state index contributed by atoms with van der Waals surface area (Å²) in [6.45, 7) is 3.93. The molecule has 4 aliphatic carbocycles. The highest BCUT2D eigenvalue weighted by Gasteiger charge is 2.70. The van der Waals surface area contributed by atoms with Crippen LogP contribution in [0.1, 0.15) is 32.3 Å². The van der Waals surface area contributed by atoms with Gasteiger partial charge in [0.25, 0.3) is 0 Å². The Morgan fingerprint density at radius 1 is 1.04 bits per heavy atom. The van der Waals surface area contributed by atoms with Crippen LogP contribution in [0.15, 0.2) is 40.6 Å². The van der Waals surface area contributed by atoms with Crippen LogP contribution in [0.4, 0.5) is 0 Å². The van der Waals surface area contributed by atoms with E-state index in [1.54, 1.807) is 0 Å². The third kappa shape index (κ3) is 1.56. The molecule has 0 amide bonds. The van der Waals surface area contributed by atoms with Crippen molar-refractivity contribution in [2.24, 2.45) is 34.0 Å². The van der Waals surface area contributed by atoms with Crippen LogP contribution in [-0.4, -0.2) is 32.5 Å². The molecule has 4 fully saturated rings. The first-order chi connectivity index (χ1) is 11.0. The first kappa shape index (κ1) is 14.7. The number of aliphatic hydroxyl groups is 1. The molecular formula is C18H22N2O3. The van der Waals surface area contributed by atoms with E-state index < -0.39 is 11.0 Å². The molecular weight excluding hydrogens is 292 g/mol. The Morgan fingerprint density at radius 3 is 2.30 bits per heavy atom. The Kier molecular flexibility index (Phi) is 2.92. The van der Waals surface area contributed by atoms with Crippen molar-refractivity contribution < 1.29 is 15.5 Å². The minimum atomic E-state index is -0.997. The van der Waals surface area contributed by atoms with E-state index in [1.165, 1.54) is 0 Å². The fourth-order valence-electron chi connectivity index (χ4n) is 5.78. The van der Waals surface area contributed by atoms with Crippen LogP contribution < -0.4 is 0 Å². The molecule has 5 unspecified atom stereocenters. The molecule has 1 aromatic rings. The molecule has 4 saturated carbocycles. The van der Waals surface area contributed by atoms with Crippen LogP contribution >= 0.6 is 0 Å². The standard InChI is InChI=1S/C18H22N2O3/c1-10-12-8-18(11-6-4-3-5-7-11)9-13(15(12)19-22)16(20-23)14(10)17(18,2)21/h3-7,10,12-14,21-23H,8-9H2,1-2H3/b19-15?,20-16+/t10?,12?,13?,14?,17-,18?/m1/s1. The van der Waals surface area contributed by atoms with E-state index in [0.717, 1.165) is 12.0 Å². The second kappa shape index (κ2) is 4.57. The molecule has 5 rings (SSSR count). The largest absolute Gasteiger partial charge is 0.411 e. The van der Waals surface area contributed by atoms with E-state index in [2.05, 4.69) is 29.4 Å². The summed E-state index contributed by atoms with van der Waals surface area (Å²) in [7, 11) is 0. The highest BCUT2D eigenvalue weighted by molar-refractivity contribution is 6.13. The van der Waals surface area contributed by atoms with E-state index in [1.807, 2.05) is 25.1 Å². The van der Waals surface area contributed by atoms with Gasteiger partial charge < -0.3 is 15.5 Å². The van der Waals surface area contributed by atoms with Crippen molar-refractivity contribution in [1.29, 1.82) is 0 Å². The molecule has 0 spiro atoms. The van der Waals surface area contributed by atoms with Gasteiger partial charge in [-0.15, -0.1) is 0 Å². The maximum atomic E-state index is 11.5. The van der Waals surface area contributed by atoms with Crippen molar-refractivity contribution >= 4 is 11.4 Å². The zero-order valence-electron chi connectivity index (χ0n) is 13.3. The maximum Gasteiger partial charge on any atom is 0.0800 e. The van der Waals surface area contributed by atoms with Crippen molar-refractivity contribution in [1.82, 2.24) is 0 Å². The SMILES string of the molecule is CC1C2CC3(c4ccccc4)CC(C2=NO)/C(=N\O)C1[C@@]3(C)O. The predicted octanol–water partition coefficient (Wildman–Crippen LogP) is 2.64. The zero-order chi connectivity index (χ0) is 16.4. The summed E-state index contributed by atoms with van der Waals surface area (Å²) in [5.74, 6) is -0.231. The molecule has 4 bridgehead atoms. The van der Waals surface area contributed by atoms with Gasteiger partial charge in [0.1, 0.15) is 0 Å². The van der Waals surface area contributed by atoms with Crippen LogP contribution in [0.5, 0.6) is 0 Å². The Hall–Kier alpha value is -1.88. The van der Waals surface area contributed by atoms with Gasteiger partial charge in [0.15, 0.2) is 0 Å². The zero-order valence-corrected chi connectivity index (χ0v) is 13.3. The van der Waals surface area contributed by atoms with Gasteiger partial charge in [0.2, 0.25) is 0 Å². The van der Waals surface area contributed by atoms with Crippen LogP contribution in [0.2, 0.25) is 0 Å². The Balaban J connectivity index is 1.95.